The first-order valence-corrected chi connectivity index (χ1v) is 7.18. The summed E-state index contributed by atoms with van der Waals surface area (Å²) in [5.41, 5.74) is 0.148. The molecular formula is C14H26N4O2. The van der Waals surface area contributed by atoms with E-state index in [2.05, 4.69) is 15.7 Å². The topological polar surface area (TPSA) is 79.2 Å². The predicted molar refractivity (Wildman–Crippen MR) is 79.7 cm³/mol. The number of urea groups is 1. The maximum absolute atomic E-state index is 11.8. The fourth-order valence-electron chi connectivity index (χ4n) is 2.26. The zero-order valence-electron chi connectivity index (χ0n) is 12.9. The highest BCUT2D eigenvalue weighted by Gasteiger charge is 2.25. The normalized spacial score (nSPS) is 11.4. The van der Waals surface area contributed by atoms with Gasteiger partial charge < -0.3 is 10.4 Å². The number of anilines is 1. The lowest BCUT2D eigenvalue weighted by Gasteiger charge is -2.27. The third-order valence-corrected chi connectivity index (χ3v) is 3.36. The van der Waals surface area contributed by atoms with E-state index >= 15 is 0 Å². The van der Waals surface area contributed by atoms with Crippen molar-refractivity contribution in [2.24, 2.45) is 7.05 Å². The molecule has 1 heterocycles. The number of carbonyl (C=O) groups excluding carboxylic acids is 1. The first kappa shape index (κ1) is 16.5. The van der Waals surface area contributed by atoms with Crippen molar-refractivity contribution in [2.45, 2.75) is 52.1 Å². The summed E-state index contributed by atoms with van der Waals surface area (Å²) in [5, 5.41) is 19.9. The van der Waals surface area contributed by atoms with Gasteiger partial charge in [-0.3, -0.25) is 10.00 Å². The molecule has 0 saturated heterocycles. The van der Waals surface area contributed by atoms with E-state index in [9.17, 15) is 9.90 Å². The number of nitrogens with zero attached hydrogens (tertiary/aromatic N) is 2. The van der Waals surface area contributed by atoms with Crippen LogP contribution in [-0.4, -0.2) is 33.1 Å². The van der Waals surface area contributed by atoms with E-state index in [1.54, 1.807) is 10.7 Å². The molecule has 3 N–H and O–H groups in total. The predicted octanol–water partition coefficient (Wildman–Crippen LogP) is 2.18. The number of carbonyl (C=O) groups is 1. The van der Waals surface area contributed by atoms with Crippen LogP contribution in [0.15, 0.2) is 6.07 Å². The Hall–Kier alpha value is -1.56. The average Bonchev–Trinajstić information content (AvgIpc) is 2.66. The Bertz CT molecular complexity index is 417. The van der Waals surface area contributed by atoms with Crippen molar-refractivity contribution in [1.29, 1.82) is 0 Å². The molecule has 0 aromatic carbocycles. The lowest BCUT2D eigenvalue weighted by Crippen LogP contribution is -2.44. The van der Waals surface area contributed by atoms with Gasteiger partial charge in [-0.15, -0.1) is 0 Å². The van der Waals surface area contributed by atoms with Crippen molar-refractivity contribution < 1.29 is 9.90 Å². The van der Waals surface area contributed by atoms with E-state index in [0.717, 1.165) is 18.5 Å². The summed E-state index contributed by atoms with van der Waals surface area (Å²) < 4.78 is 1.69. The SMILES string of the molecule is CCCC(O)(CCC)CNC(=O)Nc1cc(C)n(C)n1. The third-order valence-electron chi connectivity index (χ3n) is 3.36. The Labute approximate surface area is 120 Å². The van der Waals surface area contributed by atoms with Crippen LogP contribution in [-0.2, 0) is 7.05 Å². The molecule has 0 bridgehead atoms. The molecule has 20 heavy (non-hydrogen) atoms. The number of aliphatic hydroxyl groups is 1. The zero-order chi connectivity index (χ0) is 15.2. The molecule has 6 heteroatoms. The Morgan fingerprint density at radius 2 is 2.00 bits per heavy atom. The third kappa shape index (κ3) is 4.85. The molecule has 114 valence electrons. The second-order valence-corrected chi connectivity index (χ2v) is 5.33. The summed E-state index contributed by atoms with van der Waals surface area (Å²) in [4.78, 5) is 11.8. The van der Waals surface area contributed by atoms with E-state index in [1.165, 1.54) is 0 Å². The van der Waals surface area contributed by atoms with Gasteiger partial charge in [-0.2, -0.15) is 5.10 Å². The fourth-order valence-corrected chi connectivity index (χ4v) is 2.26. The standard InChI is InChI=1S/C14H26N4O2/c1-5-7-14(20,8-6-2)10-15-13(19)16-12-9-11(3)18(4)17-12/h9,20H,5-8,10H2,1-4H3,(H2,15,16,17,19). The van der Waals surface area contributed by atoms with E-state index in [0.29, 0.717) is 18.7 Å². The first-order valence-electron chi connectivity index (χ1n) is 7.18. The second-order valence-electron chi connectivity index (χ2n) is 5.33. The van der Waals surface area contributed by atoms with Crippen LogP contribution in [0.2, 0.25) is 0 Å². The molecule has 0 aliphatic heterocycles. The van der Waals surface area contributed by atoms with Gasteiger partial charge in [0.2, 0.25) is 0 Å². The van der Waals surface area contributed by atoms with Crippen molar-refractivity contribution in [3.8, 4) is 0 Å². The molecule has 6 nitrogen and oxygen atoms in total. The monoisotopic (exact) mass is 282 g/mol. The van der Waals surface area contributed by atoms with Gasteiger partial charge in [-0.05, 0) is 19.8 Å². The molecule has 1 aromatic rings. The van der Waals surface area contributed by atoms with Crippen LogP contribution in [0.25, 0.3) is 0 Å². The molecule has 0 aliphatic carbocycles. The number of rotatable bonds is 7. The Kier molecular flexibility index (Phi) is 6.01. The summed E-state index contributed by atoms with van der Waals surface area (Å²) in [6.45, 7) is 6.22. The molecule has 0 radical (unpaired) electrons. The molecule has 1 aromatic heterocycles. The van der Waals surface area contributed by atoms with E-state index in [1.807, 2.05) is 27.8 Å². The average molecular weight is 282 g/mol. The maximum Gasteiger partial charge on any atom is 0.320 e. The molecule has 0 spiro atoms. The van der Waals surface area contributed by atoms with Crippen LogP contribution in [0, 0.1) is 6.92 Å². The number of hydrogen-bond donors (Lipinski definition) is 3. The zero-order valence-corrected chi connectivity index (χ0v) is 12.9. The first-order chi connectivity index (χ1) is 9.40. The Balaban J connectivity index is 2.49. The van der Waals surface area contributed by atoms with Crippen LogP contribution in [0.4, 0.5) is 10.6 Å². The summed E-state index contributed by atoms with van der Waals surface area (Å²) in [6, 6.07) is 1.46. The highest BCUT2D eigenvalue weighted by atomic mass is 16.3. The Morgan fingerprint density at radius 1 is 1.40 bits per heavy atom. The van der Waals surface area contributed by atoms with Crippen LogP contribution >= 0.6 is 0 Å². The number of aryl methyl sites for hydroxylation is 2. The number of amides is 2. The summed E-state index contributed by atoms with van der Waals surface area (Å²) in [6.07, 6.45) is 3.14. The fraction of sp³-hybridized carbons (Fsp3) is 0.714. The highest BCUT2D eigenvalue weighted by molar-refractivity contribution is 5.88. The van der Waals surface area contributed by atoms with Gasteiger partial charge in [-0.1, -0.05) is 26.7 Å². The van der Waals surface area contributed by atoms with Gasteiger partial charge in [0, 0.05) is 25.4 Å². The molecule has 2 amide bonds. The van der Waals surface area contributed by atoms with Gasteiger partial charge in [0.1, 0.15) is 0 Å². The molecule has 0 fully saturated rings. The second kappa shape index (κ2) is 7.28. The minimum absolute atomic E-state index is 0.256. The van der Waals surface area contributed by atoms with Crippen LogP contribution in [0.3, 0.4) is 0 Å². The van der Waals surface area contributed by atoms with Gasteiger partial charge >= 0.3 is 6.03 Å². The van der Waals surface area contributed by atoms with Crippen molar-refractivity contribution in [2.75, 3.05) is 11.9 Å². The molecule has 0 unspecified atom stereocenters. The maximum atomic E-state index is 11.8. The molecule has 1 rings (SSSR count). The minimum atomic E-state index is -0.819. The quantitative estimate of drug-likeness (QED) is 0.717. The van der Waals surface area contributed by atoms with Gasteiger partial charge in [0.15, 0.2) is 5.82 Å². The van der Waals surface area contributed by atoms with Crippen LogP contribution in [0.1, 0.15) is 45.2 Å². The summed E-state index contributed by atoms with van der Waals surface area (Å²) in [5.74, 6) is 0.511. The van der Waals surface area contributed by atoms with Gasteiger partial charge in [0.25, 0.3) is 0 Å². The Morgan fingerprint density at radius 3 is 2.45 bits per heavy atom. The summed E-state index contributed by atoms with van der Waals surface area (Å²) >= 11 is 0. The lowest BCUT2D eigenvalue weighted by atomic mass is 9.93. The number of aromatic nitrogens is 2. The van der Waals surface area contributed by atoms with Gasteiger partial charge in [0.05, 0.1) is 5.60 Å². The number of nitrogens with one attached hydrogen (secondary N) is 2. The van der Waals surface area contributed by atoms with E-state index in [4.69, 9.17) is 0 Å². The van der Waals surface area contributed by atoms with E-state index < -0.39 is 5.60 Å². The lowest BCUT2D eigenvalue weighted by molar-refractivity contribution is 0.0245. The molecule has 0 aliphatic rings. The van der Waals surface area contributed by atoms with Crippen molar-refractivity contribution in [3.63, 3.8) is 0 Å². The largest absolute Gasteiger partial charge is 0.388 e. The van der Waals surface area contributed by atoms with Crippen LogP contribution < -0.4 is 10.6 Å². The van der Waals surface area contributed by atoms with Crippen LogP contribution in [0.5, 0.6) is 0 Å². The van der Waals surface area contributed by atoms with Crippen molar-refractivity contribution in [1.82, 2.24) is 15.1 Å². The molecule has 0 atom stereocenters. The summed E-state index contributed by atoms with van der Waals surface area (Å²) in [7, 11) is 1.82. The highest BCUT2D eigenvalue weighted by Crippen LogP contribution is 2.18. The smallest absolute Gasteiger partial charge is 0.320 e. The van der Waals surface area contributed by atoms with Crippen molar-refractivity contribution >= 4 is 11.8 Å². The van der Waals surface area contributed by atoms with Gasteiger partial charge in [-0.25, -0.2) is 4.79 Å². The minimum Gasteiger partial charge on any atom is -0.388 e. The van der Waals surface area contributed by atoms with Crippen molar-refractivity contribution in [3.05, 3.63) is 11.8 Å². The molecule has 0 saturated carbocycles. The van der Waals surface area contributed by atoms with E-state index in [-0.39, 0.29) is 12.6 Å². The number of hydrogen-bond acceptors (Lipinski definition) is 3. The molecular weight excluding hydrogens is 256 g/mol.